The van der Waals surface area contributed by atoms with Gasteiger partial charge in [-0.1, -0.05) is 27.5 Å². The summed E-state index contributed by atoms with van der Waals surface area (Å²) in [5.41, 5.74) is 0.802. The number of nitrogens with one attached hydrogen (secondary N) is 2. The molecule has 2 N–H and O–H groups in total. The van der Waals surface area contributed by atoms with Crippen LogP contribution >= 0.6 is 27.5 Å². The largest absolute Gasteiger partial charge is 0.370 e. The average Bonchev–Trinajstić information content (AvgIpc) is 2.33. The summed E-state index contributed by atoms with van der Waals surface area (Å²) in [5, 5.41) is 7.01. The standard InChI is InChI=1S/C13H14BrClN4/c1-3-16-12-7-13(18-8(2)17-12)19-11-6-9(14)4-5-10(11)15/h4-7H,3H2,1-2H3,(H2,16,17,18,19). The van der Waals surface area contributed by atoms with Crippen molar-refractivity contribution >= 4 is 44.9 Å². The molecule has 19 heavy (non-hydrogen) atoms. The molecule has 0 aliphatic carbocycles. The second-order valence-electron chi connectivity index (χ2n) is 3.97. The first-order chi connectivity index (χ1) is 9.08. The molecule has 1 heterocycles. The summed E-state index contributed by atoms with van der Waals surface area (Å²) in [6.45, 7) is 4.69. The maximum atomic E-state index is 6.14. The summed E-state index contributed by atoms with van der Waals surface area (Å²) in [5.74, 6) is 2.21. The van der Waals surface area contributed by atoms with Crippen LogP contribution in [0.15, 0.2) is 28.7 Å². The summed E-state index contributed by atoms with van der Waals surface area (Å²) >= 11 is 9.56. The van der Waals surface area contributed by atoms with Crippen LogP contribution in [-0.4, -0.2) is 16.5 Å². The van der Waals surface area contributed by atoms with Gasteiger partial charge in [0, 0.05) is 17.1 Å². The molecule has 0 unspecified atom stereocenters. The smallest absolute Gasteiger partial charge is 0.136 e. The monoisotopic (exact) mass is 340 g/mol. The van der Waals surface area contributed by atoms with Gasteiger partial charge < -0.3 is 10.6 Å². The van der Waals surface area contributed by atoms with Crippen molar-refractivity contribution in [2.75, 3.05) is 17.2 Å². The van der Waals surface area contributed by atoms with E-state index in [0.29, 0.717) is 16.7 Å². The van der Waals surface area contributed by atoms with Crippen molar-refractivity contribution in [2.45, 2.75) is 13.8 Å². The van der Waals surface area contributed by atoms with Crippen LogP contribution in [0.25, 0.3) is 0 Å². The van der Waals surface area contributed by atoms with Gasteiger partial charge in [-0.2, -0.15) is 0 Å². The van der Waals surface area contributed by atoms with E-state index in [2.05, 4.69) is 36.5 Å². The summed E-state index contributed by atoms with van der Waals surface area (Å²) in [6.07, 6.45) is 0. The molecular formula is C13H14BrClN4. The van der Waals surface area contributed by atoms with Gasteiger partial charge in [-0.05, 0) is 32.0 Å². The number of nitrogens with zero attached hydrogens (tertiary/aromatic N) is 2. The highest BCUT2D eigenvalue weighted by atomic mass is 79.9. The highest BCUT2D eigenvalue weighted by Gasteiger charge is 2.05. The molecule has 100 valence electrons. The van der Waals surface area contributed by atoms with E-state index in [1.54, 1.807) is 0 Å². The highest BCUT2D eigenvalue weighted by Crippen LogP contribution is 2.28. The van der Waals surface area contributed by atoms with Gasteiger partial charge in [0.1, 0.15) is 17.5 Å². The second-order valence-corrected chi connectivity index (χ2v) is 5.29. The van der Waals surface area contributed by atoms with E-state index in [4.69, 9.17) is 11.6 Å². The van der Waals surface area contributed by atoms with E-state index in [-0.39, 0.29) is 0 Å². The Balaban J connectivity index is 2.29. The van der Waals surface area contributed by atoms with E-state index in [0.717, 1.165) is 22.5 Å². The molecule has 0 bridgehead atoms. The first-order valence-electron chi connectivity index (χ1n) is 5.90. The fourth-order valence-corrected chi connectivity index (χ4v) is 2.16. The summed E-state index contributed by atoms with van der Waals surface area (Å²) in [4.78, 5) is 8.65. The van der Waals surface area contributed by atoms with Gasteiger partial charge in [-0.15, -0.1) is 0 Å². The second kappa shape index (κ2) is 6.21. The van der Waals surface area contributed by atoms with Gasteiger partial charge in [0.25, 0.3) is 0 Å². The molecule has 0 saturated carbocycles. The molecule has 0 aliphatic rings. The Kier molecular flexibility index (Phi) is 4.61. The minimum Gasteiger partial charge on any atom is -0.370 e. The molecule has 0 amide bonds. The van der Waals surface area contributed by atoms with Crippen molar-refractivity contribution in [3.05, 3.63) is 39.6 Å². The molecule has 6 heteroatoms. The van der Waals surface area contributed by atoms with E-state index in [1.165, 1.54) is 0 Å². The summed E-state index contributed by atoms with van der Waals surface area (Å²) in [7, 11) is 0. The lowest BCUT2D eigenvalue weighted by molar-refractivity contribution is 1.04. The zero-order valence-corrected chi connectivity index (χ0v) is 13.0. The molecule has 0 radical (unpaired) electrons. The van der Waals surface area contributed by atoms with Gasteiger partial charge in [0.15, 0.2) is 0 Å². The fraction of sp³-hybridized carbons (Fsp3) is 0.231. The maximum absolute atomic E-state index is 6.14. The molecule has 0 spiro atoms. The Morgan fingerprint density at radius 1 is 1.21 bits per heavy atom. The van der Waals surface area contributed by atoms with E-state index < -0.39 is 0 Å². The molecule has 0 fully saturated rings. The van der Waals surface area contributed by atoms with Gasteiger partial charge in [-0.3, -0.25) is 0 Å². The third-order valence-electron chi connectivity index (χ3n) is 2.39. The number of hydrogen-bond acceptors (Lipinski definition) is 4. The van der Waals surface area contributed by atoms with E-state index >= 15 is 0 Å². The van der Waals surface area contributed by atoms with Crippen molar-refractivity contribution < 1.29 is 0 Å². The Bertz CT molecular complexity index is 589. The van der Waals surface area contributed by atoms with Crippen LogP contribution < -0.4 is 10.6 Å². The van der Waals surface area contributed by atoms with Crippen molar-refractivity contribution in [3.8, 4) is 0 Å². The Morgan fingerprint density at radius 2 is 1.95 bits per heavy atom. The maximum Gasteiger partial charge on any atom is 0.136 e. The predicted molar refractivity (Wildman–Crippen MR) is 83.4 cm³/mol. The lowest BCUT2D eigenvalue weighted by Gasteiger charge is -2.10. The number of benzene rings is 1. The molecular weight excluding hydrogens is 328 g/mol. The third-order valence-corrected chi connectivity index (χ3v) is 3.21. The molecule has 1 aromatic carbocycles. The van der Waals surface area contributed by atoms with Crippen LogP contribution in [0.2, 0.25) is 5.02 Å². The SMILES string of the molecule is CCNc1cc(Nc2cc(Br)ccc2Cl)nc(C)n1. The third kappa shape index (κ3) is 3.81. The van der Waals surface area contributed by atoms with Crippen LogP contribution in [0.4, 0.5) is 17.3 Å². The van der Waals surface area contributed by atoms with Crippen LogP contribution in [-0.2, 0) is 0 Å². The molecule has 0 atom stereocenters. The number of hydrogen-bond donors (Lipinski definition) is 2. The fourth-order valence-electron chi connectivity index (χ4n) is 1.63. The zero-order chi connectivity index (χ0) is 13.8. The molecule has 2 rings (SSSR count). The number of halogens is 2. The topological polar surface area (TPSA) is 49.8 Å². The van der Waals surface area contributed by atoms with Crippen LogP contribution in [0, 0.1) is 6.92 Å². The lowest BCUT2D eigenvalue weighted by atomic mass is 10.3. The Morgan fingerprint density at radius 3 is 2.68 bits per heavy atom. The van der Waals surface area contributed by atoms with Gasteiger partial charge >= 0.3 is 0 Å². The van der Waals surface area contributed by atoms with E-state index in [1.807, 2.05) is 38.1 Å². The van der Waals surface area contributed by atoms with Gasteiger partial charge in [0.05, 0.1) is 10.7 Å². The molecule has 0 saturated heterocycles. The number of rotatable bonds is 4. The normalized spacial score (nSPS) is 10.3. The molecule has 0 aliphatic heterocycles. The number of aromatic nitrogens is 2. The predicted octanol–water partition coefficient (Wildman–Crippen LogP) is 4.38. The van der Waals surface area contributed by atoms with Gasteiger partial charge in [0.2, 0.25) is 0 Å². The zero-order valence-electron chi connectivity index (χ0n) is 10.7. The van der Waals surface area contributed by atoms with Crippen LogP contribution in [0.5, 0.6) is 0 Å². The van der Waals surface area contributed by atoms with Crippen LogP contribution in [0.1, 0.15) is 12.7 Å². The Labute approximate surface area is 125 Å². The van der Waals surface area contributed by atoms with Crippen molar-refractivity contribution in [2.24, 2.45) is 0 Å². The van der Waals surface area contributed by atoms with Gasteiger partial charge in [-0.25, -0.2) is 9.97 Å². The molecule has 4 nitrogen and oxygen atoms in total. The summed E-state index contributed by atoms with van der Waals surface area (Å²) in [6, 6.07) is 7.48. The first-order valence-corrected chi connectivity index (χ1v) is 7.07. The highest BCUT2D eigenvalue weighted by molar-refractivity contribution is 9.10. The quantitative estimate of drug-likeness (QED) is 0.866. The first kappa shape index (κ1) is 14.1. The van der Waals surface area contributed by atoms with Crippen molar-refractivity contribution in [1.29, 1.82) is 0 Å². The average molecular weight is 342 g/mol. The van der Waals surface area contributed by atoms with Crippen molar-refractivity contribution in [1.82, 2.24) is 9.97 Å². The molecule has 1 aromatic heterocycles. The minimum absolute atomic E-state index is 0.643. The minimum atomic E-state index is 0.643. The summed E-state index contributed by atoms with van der Waals surface area (Å²) < 4.78 is 0.956. The Hall–Kier alpha value is -1.33. The molecule has 2 aromatic rings. The van der Waals surface area contributed by atoms with Crippen LogP contribution in [0.3, 0.4) is 0 Å². The van der Waals surface area contributed by atoms with Crippen molar-refractivity contribution in [3.63, 3.8) is 0 Å². The lowest BCUT2D eigenvalue weighted by Crippen LogP contribution is -2.04. The number of anilines is 3. The van der Waals surface area contributed by atoms with E-state index in [9.17, 15) is 0 Å². The number of aryl methyl sites for hydroxylation is 1.